The van der Waals surface area contributed by atoms with Gasteiger partial charge in [0.15, 0.2) is 0 Å². The van der Waals surface area contributed by atoms with Gasteiger partial charge in [0.25, 0.3) is 5.69 Å². The summed E-state index contributed by atoms with van der Waals surface area (Å²) in [6.45, 7) is 2.46. The number of hydrogen-bond donors (Lipinski definition) is 0. The summed E-state index contributed by atoms with van der Waals surface area (Å²) in [5.41, 5.74) is 0.313. The summed E-state index contributed by atoms with van der Waals surface area (Å²) in [4.78, 5) is 11.2. The monoisotopic (exact) mass is 340 g/mol. The Balaban J connectivity index is 2.18. The average molecular weight is 340 g/mol. The van der Waals surface area contributed by atoms with Gasteiger partial charge in [-0.25, -0.2) is 8.42 Å². The Kier molecular flexibility index (Phi) is 5.28. The molecule has 2 rings (SSSR count). The van der Waals surface area contributed by atoms with Gasteiger partial charge in [0.2, 0.25) is 10.0 Å². The molecule has 1 aromatic heterocycles. The van der Waals surface area contributed by atoms with E-state index in [-0.39, 0.29) is 11.4 Å². The van der Waals surface area contributed by atoms with Crippen molar-refractivity contribution in [3.63, 3.8) is 0 Å². The lowest BCUT2D eigenvalue weighted by Crippen LogP contribution is -2.31. The number of nitro benzene ring substituents is 1. The van der Waals surface area contributed by atoms with Crippen molar-refractivity contribution in [3.05, 3.63) is 62.3 Å². The minimum absolute atomic E-state index is 0.103. The second kappa shape index (κ2) is 6.99. The first-order valence-electron chi connectivity index (χ1n) is 6.66. The molecule has 0 spiro atoms. The quantitative estimate of drug-likeness (QED) is 0.573. The van der Waals surface area contributed by atoms with Crippen molar-refractivity contribution in [3.8, 4) is 0 Å². The standard InChI is InChI=1S/C14H16N2O4S2/c1-2-15(10-14-7-4-8-21-14)22(19,20)11-12-5-3-6-13(9-12)16(17)18/h3-9H,2,10-11H2,1H3. The highest BCUT2D eigenvalue weighted by atomic mass is 32.2. The van der Waals surface area contributed by atoms with Crippen LogP contribution < -0.4 is 0 Å². The number of nitrogens with zero attached hydrogens (tertiary/aromatic N) is 2. The molecule has 8 heteroatoms. The molecule has 6 nitrogen and oxygen atoms in total. The van der Waals surface area contributed by atoms with Gasteiger partial charge >= 0.3 is 0 Å². The zero-order valence-corrected chi connectivity index (χ0v) is 13.6. The van der Waals surface area contributed by atoms with Gasteiger partial charge in [-0.2, -0.15) is 4.31 Å². The third kappa shape index (κ3) is 4.12. The van der Waals surface area contributed by atoms with Gasteiger partial charge in [0.1, 0.15) is 0 Å². The minimum Gasteiger partial charge on any atom is -0.258 e. The van der Waals surface area contributed by atoms with Crippen molar-refractivity contribution in [1.29, 1.82) is 0 Å². The number of rotatable bonds is 7. The highest BCUT2D eigenvalue weighted by Crippen LogP contribution is 2.19. The van der Waals surface area contributed by atoms with Crippen LogP contribution in [0.1, 0.15) is 17.4 Å². The zero-order chi connectivity index (χ0) is 16.2. The van der Waals surface area contributed by atoms with Crippen molar-refractivity contribution in [2.45, 2.75) is 19.2 Å². The molecular formula is C14H16N2O4S2. The number of hydrogen-bond acceptors (Lipinski definition) is 5. The first-order chi connectivity index (χ1) is 10.4. The molecule has 0 fully saturated rings. The van der Waals surface area contributed by atoms with Crippen LogP contribution in [0.2, 0.25) is 0 Å². The SMILES string of the molecule is CCN(Cc1cccs1)S(=O)(=O)Cc1cccc([N+](=O)[O-])c1. The van der Waals surface area contributed by atoms with Crippen LogP contribution in [0.25, 0.3) is 0 Å². The molecule has 1 aromatic carbocycles. The Morgan fingerprint density at radius 2 is 2.05 bits per heavy atom. The summed E-state index contributed by atoms with van der Waals surface area (Å²) in [5, 5.41) is 12.7. The molecule has 0 aliphatic rings. The molecule has 0 amide bonds. The molecule has 0 aliphatic carbocycles. The number of benzene rings is 1. The number of nitro groups is 1. The summed E-state index contributed by atoms with van der Waals surface area (Å²) in [6.07, 6.45) is 0. The largest absolute Gasteiger partial charge is 0.269 e. The van der Waals surface area contributed by atoms with E-state index in [0.29, 0.717) is 18.7 Å². The van der Waals surface area contributed by atoms with E-state index < -0.39 is 14.9 Å². The van der Waals surface area contributed by atoms with Crippen molar-refractivity contribution in [2.24, 2.45) is 0 Å². The van der Waals surface area contributed by atoms with Crippen LogP contribution in [-0.4, -0.2) is 24.2 Å². The maximum atomic E-state index is 12.5. The lowest BCUT2D eigenvalue weighted by atomic mass is 10.2. The Morgan fingerprint density at radius 1 is 1.27 bits per heavy atom. The number of thiophene rings is 1. The van der Waals surface area contributed by atoms with Crippen molar-refractivity contribution in [2.75, 3.05) is 6.54 Å². The molecule has 0 bridgehead atoms. The van der Waals surface area contributed by atoms with Crippen LogP contribution in [0.15, 0.2) is 41.8 Å². The van der Waals surface area contributed by atoms with Crippen molar-refractivity contribution < 1.29 is 13.3 Å². The van der Waals surface area contributed by atoms with Gasteiger partial charge in [-0.15, -0.1) is 11.3 Å². The van der Waals surface area contributed by atoms with E-state index in [0.717, 1.165) is 4.88 Å². The van der Waals surface area contributed by atoms with Gasteiger partial charge in [0.05, 0.1) is 10.7 Å². The second-order valence-electron chi connectivity index (χ2n) is 4.69. The molecule has 1 heterocycles. The highest BCUT2D eigenvalue weighted by molar-refractivity contribution is 7.88. The first kappa shape index (κ1) is 16.6. The van der Waals surface area contributed by atoms with Crippen LogP contribution in [0.3, 0.4) is 0 Å². The Morgan fingerprint density at radius 3 is 2.64 bits per heavy atom. The Bertz CT molecular complexity index is 742. The molecule has 0 N–H and O–H groups in total. The fraction of sp³-hybridized carbons (Fsp3) is 0.286. The lowest BCUT2D eigenvalue weighted by Gasteiger charge is -2.19. The van der Waals surface area contributed by atoms with Gasteiger partial charge in [0, 0.05) is 30.1 Å². The normalized spacial score (nSPS) is 11.7. The van der Waals surface area contributed by atoms with Gasteiger partial charge in [-0.1, -0.05) is 25.1 Å². The van der Waals surface area contributed by atoms with Crippen molar-refractivity contribution in [1.82, 2.24) is 4.31 Å². The van der Waals surface area contributed by atoms with Crippen LogP contribution in [0.5, 0.6) is 0 Å². The van der Waals surface area contributed by atoms with Gasteiger partial charge in [-0.3, -0.25) is 10.1 Å². The molecular weight excluding hydrogens is 324 g/mol. The Labute approximate surface area is 133 Å². The predicted octanol–water partition coefficient (Wildman–Crippen LogP) is 3.01. The van der Waals surface area contributed by atoms with Crippen LogP contribution in [0.4, 0.5) is 5.69 Å². The van der Waals surface area contributed by atoms with Crippen molar-refractivity contribution >= 4 is 27.0 Å². The van der Waals surface area contributed by atoms with Crippen LogP contribution >= 0.6 is 11.3 Å². The molecule has 0 aliphatic heterocycles. The molecule has 0 saturated heterocycles. The van der Waals surface area contributed by atoms with E-state index in [1.54, 1.807) is 13.0 Å². The van der Waals surface area contributed by atoms with E-state index in [2.05, 4.69) is 0 Å². The molecule has 0 unspecified atom stereocenters. The molecule has 0 radical (unpaired) electrons. The number of non-ortho nitro benzene ring substituents is 1. The molecule has 22 heavy (non-hydrogen) atoms. The van der Waals surface area contributed by atoms with Gasteiger partial charge < -0.3 is 0 Å². The summed E-state index contributed by atoms with van der Waals surface area (Å²) < 4.78 is 26.4. The highest BCUT2D eigenvalue weighted by Gasteiger charge is 2.22. The third-order valence-electron chi connectivity index (χ3n) is 3.13. The molecule has 2 aromatic rings. The van der Waals surface area contributed by atoms with E-state index in [4.69, 9.17) is 0 Å². The molecule has 0 atom stereocenters. The lowest BCUT2D eigenvalue weighted by molar-refractivity contribution is -0.384. The topological polar surface area (TPSA) is 80.5 Å². The average Bonchev–Trinajstić information content (AvgIpc) is 2.97. The van der Waals surface area contributed by atoms with E-state index in [1.165, 1.54) is 33.8 Å². The second-order valence-corrected chi connectivity index (χ2v) is 7.69. The smallest absolute Gasteiger partial charge is 0.258 e. The maximum absolute atomic E-state index is 12.5. The minimum atomic E-state index is -3.53. The van der Waals surface area contributed by atoms with Gasteiger partial charge in [-0.05, 0) is 17.0 Å². The summed E-state index contributed by atoms with van der Waals surface area (Å²) >= 11 is 1.50. The summed E-state index contributed by atoms with van der Waals surface area (Å²) in [6, 6.07) is 9.50. The Hall–Kier alpha value is -1.77. The van der Waals surface area contributed by atoms with E-state index in [1.807, 2.05) is 17.5 Å². The third-order valence-corrected chi connectivity index (χ3v) is 5.86. The predicted molar refractivity (Wildman–Crippen MR) is 86.1 cm³/mol. The summed E-state index contributed by atoms with van der Waals surface area (Å²) in [5.74, 6) is -0.242. The number of sulfonamides is 1. The fourth-order valence-corrected chi connectivity index (χ4v) is 4.36. The van der Waals surface area contributed by atoms with E-state index in [9.17, 15) is 18.5 Å². The molecule has 118 valence electrons. The van der Waals surface area contributed by atoms with Crippen LogP contribution in [0, 0.1) is 10.1 Å². The first-order valence-corrected chi connectivity index (χ1v) is 9.15. The maximum Gasteiger partial charge on any atom is 0.269 e. The summed E-state index contributed by atoms with van der Waals surface area (Å²) in [7, 11) is -3.53. The molecule has 0 saturated carbocycles. The van der Waals surface area contributed by atoms with E-state index >= 15 is 0 Å². The fourth-order valence-electron chi connectivity index (χ4n) is 2.04. The zero-order valence-electron chi connectivity index (χ0n) is 12.0. The van der Waals surface area contributed by atoms with Crippen LogP contribution in [-0.2, 0) is 22.3 Å².